The first-order valence-electron chi connectivity index (χ1n) is 5.70. The number of halogens is 2. The lowest BCUT2D eigenvalue weighted by Gasteiger charge is -2.08. The summed E-state index contributed by atoms with van der Waals surface area (Å²) in [6.07, 6.45) is 0. The zero-order chi connectivity index (χ0) is 15.0. The largest absolute Gasteiger partial charge is 0.384 e. The number of hydrogen-bond acceptors (Lipinski definition) is 6. The van der Waals surface area contributed by atoms with Crippen molar-refractivity contribution < 1.29 is 4.79 Å². The zero-order valence-electron chi connectivity index (χ0n) is 10.3. The van der Waals surface area contributed by atoms with Gasteiger partial charge >= 0.3 is 0 Å². The van der Waals surface area contributed by atoms with Gasteiger partial charge in [-0.2, -0.15) is 8.75 Å². The lowest BCUT2D eigenvalue weighted by Crippen LogP contribution is -2.15. The summed E-state index contributed by atoms with van der Waals surface area (Å²) in [6.45, 7) is 0. The molecule has 0 aliphatic carbocycles. The second kappa shape index (κ2) is 5.44. The third kappa shape index (κ3) is 2.63. The van der Waals surface area contributed by atoms with Crippen LogP contribution in [0.3, 0.4) is 0 Å². The quantitative estimate of drug-likeness (QED) is 0.747. The topological polar surface area (TPSA) is 93.8 Å². The van der Waals surface area contributed by atoms with Gasteiger partial charge in [-0.3, -0.25) is 4.79 Å². The van der Waals surface area contributed by atoms with E-state index in [0.717, 1.165) is 11.7 Å². The molecule has 0 saturated heterocycles. The summed E-state index contributed by atoms with van der Waals surface area (Å²) in [6, 6.07) is 6.29. The Morgan fingerprint density at radius 3 is 2.71 bits per heavy atom. The van der Waals surface area contributed by atoms with E-state index in [9.17, 15) is 4.79 Å². The summed E-state index contributed by atoms with van der Waals surface area (Å²) in [5.74, 6) is -0.189. The van der Waals surface area contributed by atoms with Crippen molar-refractivity contribution >= 4 is 63.4 Å². The highest BCUT2D eigenvalue weighted by Crippen LogP contribution is 2.35. The number of fused-ring (bicyclic) bond motifs is 1. The Morgan fingerprint density at radius 2 is 1.95 bits per heavy atom. The molecule has 3 N–H and O–H groups in total. The van der Waals surface area contributed by atoms with Crippen molar-refractivity contribution in [1.29, 1.82) is 0 Å². The van der Waals surface area contributed by atoms with Gasteiger partial charge in [0.15, 0.2) is 0 Å². The number of benzene rings is 1. The van der Waals surface area contributed by atoms with Crippen molar-refractivity contribution in [3.8, 4) is 0 Å². The van der Waals surface area contributed by atoms with Gasteiger partial charge in [-0.1, -0.05) is 29.3 Å². The number of anilines is 2. The zero-order valence-corrected chi connectivity index (χ0v) is 12.6. The van der Waals surface area contributed by atoms with Gasteiger partial charge in [0.1, 0.15) is 22.5 Å². The average molecular weight is 340 g/mol. The highest BCUT2D eigenvalue weighted by Gasteiger charge is 2.17. The Kier molecular flexibility index (Phi) is 3.62. The molecule has 3 aromatic rings. The SMILES string of the molecule is Nc1cccc(C(=O)Nc2c(Cl)cc(Cl)c3nsnc23)n1. The minimum Gasteiger partial charge on any atom is -0.384 e. The van der Waals surface area contributed by atoms with Crippen LogP contribution in [0.5, 0.6) is 0 Å². The maximum Gasteiger partial charge on any atom is 0.274 e. The molecular weight excluding hydrogens is 333 g/mol. The van der Waals surface area contributed by atoms with Crippen LogP contribution in [0.2, 0.25) is 10.0 Å². The van der Waals surface area contributed by atoms with E-state index in [1.165, 1.54) is 6.07 Å². The second-order valence-electron chi connectivity index (χ2n) is 4.08. The second-order valence-corrected chi connectivity index (χ2v) is 5.42. The number of rotatable bonds is 2. The molecule has 0 atom stereocenters. The lowest BCUT2D eigenvalue weighted by atomic mass is 10.2. The highest BCUT2D eigenvalue weighted by atomic mass is 35.5. The molecule has 0 aliphatic rings. The van der Waals surface area contributed by atoms with Gasteiger partial charge in [0.25, 0.3) is 5.91 Å². The molecule has 1 aromatic carbocycles. The Morgan fingerprint density at radius 1 is 1.19 bits per heavy atom. The monoisotopic (exact) mass is 339 g/mol. The molecule has 106 valence electrons. The van der Waals surface area contributed by atoms with Crippen LogP contribution < -0.4 is 11.1 Å². The summed E-state index contributed by atoms with van der Waals surface area (Å²) < 4.78 is 8.17. The molecule has 9 heteroatoms. The number of nitrogens with one attached hydrogen (secondary N) is 1. The van der Waals surface area contributed by atoms with Crippen molar-refractivity contribution in [2.24, 2.45) is 0 Å². The number of nitrogen functional groups attached to an aromatic ring is 1. The molecule has 0 fully saturated rings. The third-order valence-electron chi connectivity index (χ3n) is 2.69. The van der Waals surface area contributed by atoms with Crippen LogP contribution in [0, 0.1) is 0 Å². The number of nitrogens with zero attached hydrogens (tertiary/aromatic N) is 3. The minimum atomic E-state index is -0.444. The summed E-state index contributed by atoms with van der Waals surface area (Å²) in [7, 11) is 0. The van der Waals surface area contributed by atoms with Crippen molar-refractivity contribution in [3.63, 3.8) is 0 Å². The maximum absolute atomic E-state index is 12.2. The van der Waals surface area contributed by atoms with E-state index in [4.69, 9.17) is 28.9 Å². The predicted octanol–water partition coefficient (Wildman–Crippen LogP) is 3.23. The Balaban J connectivity index is 2.02. The van der Waals surface area contributed by atoms with Crippen molar-refractivity contribution in [2.75, 3.05) is 11.1 Å². The molecule has 0 unspecified atom stereocenters. The van der Waals surface area contributed by atoms with Crippen LogP contribution in [0.15, 0.2) is 24.3 Å². The Bertz CT molecular complexity index is 851. The fourth-order valence-corrected chi connectivity index (χ4v) is 2.91. The molecule has 3 rings (SSSR count). The summed E-state index contributed by atoms with van der Waals surface area (Å²) in [5.41, 5.74) is 7.01. The number of carbonyl (C=O) groups excluding carboxylic acids is 1. The highest BCUT2D eigenvalue weighted by molar-refractivity contribution is 7.00. The van der Waals surface area contributed by atoms with E-state index in [1.807, 2.05) is 0 Å². The molecule has 6 nitrogen and oxygen atoms in total. The minimum absolute atomic E-state index is 0.178. The fourth-order valence-electron chi connectivity index (χ4n) is 1.75. The molecule has 1 amide bonds. The molecule has 21 heavy (non-hydrogen) atoms. The molecule has 0 spiro atoms. The smallest absolute Gasteiger partial charge is 0.274 e. The summed E-state index contributed by atoms with van der Waals surface area (Å²) >= 11 is 13.1. The van der Waals surface area contributed by atoms with Gasteiger partial charge in [0.2, 0.25) is 0 Å². The van der Waals surface area contributed by atoms with Gasteiger partial charge in [-0.15, -0.1) is 0 Å². The molecule has 0 aliphatic heterocycles. The van der Waals surface area contributed by atoms with Gasteiger partial charge in [-0.25, -0.2) is 4.98 Å². The molecule has 0 bridgehead atoms. The maximum atomic E-state index is 12.2. The van der Waals surface area contributed by atoms with Crippen LogP contribution >= 0.6 is 34.9 Å². The molecule has 2 heterocycles. The van der Waals surface area contributed by atoms with E-state index in [0.29, 0.717) is 21.7 Å². The number of pyridine rings is 1. The molecular formula is C12H7Cl2N5OS. The van der Waals surface area contributed by atoms with Crippen LogP contribution in [-0.2, 0) is 0 Å². The van der Waals surface area contributed by atoms with E-state index < -0.39 is 5.91 Å². The summed E-state index contributed by atoms with van der Waals surface area (Å²) in [5, 5.41) is 3.32. The first kappa shape index (κ1) is 14.0. The van der Waals surface area contributed by atoms with Crippen molar-refractivity contribution in [1.82, 2.24) is 13.7 Å². The number of nitrogens with two attached hydrogens (primary N) is 1. The number of carbonyl (C=O) groups is 1. The molecule has 2 aromatic heterocycles. The van der Waals surface area contributed by atoms with Crippen LogP contribution in [-0.4, -0.2) is 19.6 Å². The van der Waals surface area contributed by atoms with Gasteiger partial charge in [0, 0.05) is 0 Å². The third-order valence-corrected chi connectivity index (χ3v) is 3.80. The van der Waals surface area contributed by atoms with Gasteiger partial charge in [-0.05, 0) is 18.2 Å². The average Bonchev–Trinajstić information content (AvgIpc) is 2.93. The predicted molar refractivity (Wildman–Crippen MR) is 84.0 cm³/mol. The molecule has 0 saturated carbocycles. The van der Waals surface area contributed by atoms with Crippen molar-refractivity contribution in [3.05, 3.63) is 40.0 Å². The Labute approximate surface area is 133 Å². The summed E-state index contributed by atoms with van der Waals surface area (Å²) in [4.78, 5) is 16.2. The van der Waals surface area contributed by atoms with E-state index >= 15 is 0 Å². The number of aromatic nitrogens is 3. The normalized spacial score (nSPS) is 10.8. The first-order chi connectivity index (χ1) is 10.1. The van der Waals surface area contributed by atoms with E-state index in [2.05, 4.69) is 19.0 Å². The van der Waals surface area contributed by atoms with Gasteiger partial charge < -0.3 is 11.1 Å². The van der Waals surface area contributed by atoms with Crippen LogP contribution in [0.1, 0.15) is 10.5 Å². The van der Waals surface area contributed by atoms with Crippen LogP contribution in [0.25, 0.3) is 11.0 Å². The van der Waals surface area contributed by atoms with E-state index in [1.54, 1.807) is 18.2 Å². The number of amides is 1. The van der Waals surface area contributed by atoms with Crippen LogP contribution in [0.4, 0.5) is 11.5 Å². The van der Waals surface area contributed by atoms with Gasteiger partial charge in [0.05, 0.1) is 27.5 Å². The number of hydrogen-bond donors (Lipinski definition) is 2. The standard InChI is InChI=1S/C12H7Cl2N5OS/c13-5-4-6(14)10-11(19-21-18-10)9(5)17-12(20)7-2-1-3-8(15)16-7/h1-4H,(H2,15,16)(H,17,20). The molecule has 0 radical (unpaired) electrons. The van der Waals surface area contributed by atoms with E-state index in [-0.39, 0.29) is 16.5 Å². The fraction of sp³-hybridized carbons (Fsp3) is 0. The first-order valence-corrected chi connectivity index (χ1v) is 7.19. The lowest BCUT2D eigenvalue weighted by molar-refractivity contribution is 0.102. The Hall–Kier alpha value is -1.96. The van der Waals surface area contributed by atoms with Crippen molar-refractivity contribution in [2.45, 2.75) is 0 Å².